The molecular weight excluding hydrogens is 294 g/mol. The number of hydrogen-bond donors (Lipinski definition) is 2. The van der Waals surface area contributed by atoms with Gasteiger partial charge in [0.25, 0.3) is 5.91 Å². The lowest BCUT2D eigenvalue weighted by Crippen LogP contribution is -2.56. The maximum Gasteiger partial charge on any atom is 0.329 e. The number of rotatable bonds is 7. The second-order valence-electron chi connectivity index (χ2n) is 4.77. The highest BCUT2D eigenvalue weighted by molar-refractivity contribution is 6.32. The van der Waals surface area contributed by atoms with E-state index >= 15 is 0 Å². The summed E-state index contributed by atoms with van der Waals surface area (Å²) < 4.78 is 5.48. The Hall–Kier alpha value is -1.75. The van der Waals surface area contributed by atoms with Gasteiger partial charge in [0.1, 0.15) is 11.3 Å². The second kappa shape index (κ2) is 7.31. The largest absolute Gasteiger partial charge is 0.480 e. The Morgan fingerprint density at radius 2 is 1.90 bits per heavy atom. The Morgan fingerprint density at radius 1 is 1.33 bits per heavy atom. The van der Waals surface area contributed by atoms with E-state index in [-0.39, 0.29) is 0 Å². The molecule has 0 spiro atoms. The molecule has 2 N–H and O–H groups in total. The van der Waals surface area contributed by atoms with Crippen LogP contribution in [-0.2, 0) is 9.59 Å². The minimum atomic E-state index is -1.27. The van der Waals surface area contributed by atoms with Crippen LogP contribution in [0.15, 0.2) is 24.3 Å². The number of carbonyl (C=O) groups is 2. The average molecular weight is 314 g/mol. The van der Waals surface area contributed by atoms with Crippen molar-refractivity contribution >= 4 is 23.5 Å². The number of halogens is 1. The number of para-hydroxylation sites is 1. The van der Waals surface area contributed by atoms with Crippen LogP contribution in [0.1, 0.15) is 33.6 Å². The van der Waals surface area contributed by atoms with Crippen molar-refractivity contribution in [1.82, 2.24) is 5.32 Å². The molecule has 0 aliphatic heterocycles. The van der Waals surface area contributed by atoms with Crippen LogP contribution in [0, 0.1) is 0 Å². The molecule has 0 aliphatic carbocycles. The predicted octanol–water partition coefficient (Wildman–Crippen LogP) is 2.87. The first-order chi connectivity index (χ1) is 9.86. The highest BCUT2D eigenvalue weighted by Gasteiger charge is 2.37. The summed E-state index contributed by atoms with van der Waals surface area (Å²) in [6, 6.07) is 6.80. The van der Waals surface area contributed by atoms with Crippen molar-refractivity contribution in [2.75, 3.05) is 0 Å². The monoisotopic (exact) mass is 313 g/mol. The zero-order valence-corrected chi connectivity index (χ0v) is 13.1. The van der Waals surface area contributed by atoms with Crippen LogP contribution in [0.5, 0.6) is 5.75 Å². The van der Waals surface area contributed by atoms with E-state index in [4.69, 9.17) is 16.3 Å². The number of hydrogen-bond acceptors (Lipinski definition) is 3. The van der Waals surface area contributed by atoms with Crippen LogP contribution in [0.2, 0.25) is 5.02 Å². The van der Waals surface area contributed by atoms with Crippen molar-refractivity contribution in [2.24, 2.45) is 0 Å². The van der Waals surface area contributed by atoms with E-state index in [1.54, 1.807) is 45.0 Å². The van der Waals surface area contributed by atoms with Gasteiger partial charge in [-0.15, -0.1) is 0 Å². The van der Waals surface area contributed by atoms with E-state index in [0.717, 1.165) is 0 Å². The second-order valence-corrected chi connectivity index (χ2v) is 5.18. The summed E-state index contributed by atoms with van der Waals surface area (Å²) in [5, 5.41) is 12.3. The highest BCUT2D eigenvalue weighted by atomic mass is 35.5. The summed E-state index contributed by atoms with van der Waals surface area (Å²) in [7, 11) is 0. The van der Waals surface area contributed by atoms with Crippen LogP contribution in [0.3, 0.4) is 0 Å². The van der Waals surface area contributed by atoms with Crippen LogP contribution in [0.25, 0.3) is 0 Å². The van der Waals surface area contributed by atoms with Crippen molar-refractivity contribution in [3.8, 4) is 5.75 Å². The van der Waals surface area contributed by atoms with Crippen LogP contribution >= 0.6 is 11.6 Å². The first kappa shape index (κ1) is 17.3. The van der Waals surface area contributed by atoms with Gasteiger partial charge in [-0.25, -0.2) is 4.79 Å². The Kier molecular flexibility index (Phi) is 6.03. The van der Waals surface area contributed by atoms with Crippen molar-refractivity contribution in [1.29, 1.82) is 0 Å². The van der Waals surface area contributed by atoms with Gasteiger partial charge in [-0.3, -0.25) is 4.79 Å². The van der Waals surface area contributed by atoms with E-state index < -0.39 is 23.5 Å². The number of amides is 1. The SMILES string of the molecule is CCC(CC)(NC(=O)C(C)Oc1ccccc1Cl)C(=O)O. The molecule has 0 bridgehead atoms. The molecule has 1 unspecified atom stereocenters. The number of carbonyl (C=O) groups excluding carboxylic acids is 1. The Bertz CT molecular complexity index is 514. The molecule has 0 fully saturated rings. The van der Waals surface area contributed by atoms with E-state index in [0.29, 0.717) is 23.6 Å². The summed E-state index contributed by atoms with van der Waals surface area (Å²) in [6.45, 7) is 4.99. The molecular formula is C15H20ClNO4. The molecule has 6 heteroatoms. The maximum absolute atomic E-state index is 12.2. The number of nitrogens with one attached hydrogen (secondary N) is 1. The van der Waals surface area contributed by atoms with E-state index in [2.05, 4.69) is 5.32 Å². The number of carboxylic acids is 1. The molecule has 21 heavy (non-hydrogen) atoms. The molecule has 1 rings (SSSR count). The summed E-state index contributed by atoms with van der Waals surface area (Å²) in [6.07, 6.45) is -0.256. The minimum Gasteiger partial charge on any atom is -0.480 e. The van der Waals surface area contributed by atoms with Gasteiger partial charge in [0.2, 0.25) is 0 Å². The molecule has 0 saturated carbocycles. The lowest BCUT2D eigenvalue weighted by atomic mass is 9.92. The van der Waals surface area contributed by atoms with Gasteiger partial charge < -0.3 is 15.2 Å². The Morgan fingerprint density at radius 3 is 2.38 bits per heavy atom. The molecule has 5 nitrogen and oxygen atoms in total. The Balaban J connectivity index is 2.79. The fourth-order valence-corrected chi connectivity index (χ4v) is 2.08. The molecule has 0 aromatic heterocycles. The third-order valence-electron chi connectivity index (χ3n) is 3.49. The molecule has 1 aromatic carbocycles. The molecule has 116 valence electrons. The fraction of sp³-hybridized carbons (Fsp3) is 0.467. The third kappa shape index (κ3) is 4.11. The third-order valence-corrected chi connectivity index (χ3v) is 3.80. The molecule has 0 radical (unpaired) electrons. The first-order valence-corrected chi connectivity index (χ1v) is 7.20. The molecule has 1 atom stereocenters. The van der Waals surface area contributed by atoms with Gasteiger partial charge in [0, 0.05) is 0 Å². The van der Waals surface area contributed by atoms with Gasteiger partial charge >= 0.3 is 5.97 Å². The zero-order chi connectivity index (χ0) is 16.0. The normalized spacial score (nSPS) is 12.6. The van der Waals surface area contributed by atoms with Gasteiger partial charge in [-0.1, -0.05) is 37.6 Å². The fourth-order valence-electron chi connectivity index (χ4n) is 1.90. The molecule has 0 aliphatic rings. The van der Waals surface area contributed by atoms with Crippen LogP contribution in [-0.4, -0.2) is 28.6 Å². The van der Waals surface area contributed by atoms with Crippen LogP contribution in [0.4, 0.5) is 0 Å². The van der Waals surface area contributed by atoms with Gasteiger partial charge in [0.15, 0.2) is 6.10 Å². The number of carboxylic acid groups (broad SMARTS) is 1. The maximum atomic E-state index is 12.2. The molecule has 1 aromatic rings. The lowest BCUT2D eigenvalue weighted by molar-refractivity contribution is -0.149. The lowest BCUT2D eigenvalue weighted by Gasteiger charge is -2.29. The average Bonchev–Trinajstić information content (AvgIpc) is 2.46. The molecule has 0 heterocycles. The topological polar surface area (TPSA) is 75.6 Å². The number of ether oxygens (including phenoxy) is 1. The standard InChI is InChI=1S/C15H20ClNO4/c1-4-15(5-2,14(19)20)17-13(18)10(3)21-12-9-7-6-8-11(12)16/h6-10H,4-5H2,1-3H3,(H,17,18)(H,19,20). The summed E-state index contributed by atoms with van der Waals surface area (Å²) in [5.74, 6) is -1.15. The van der Waals surface area contributed by atoms with Crippen molar-refractivity contribution < 1.29 is 19.4 Å². The smallest absolute Gasteiger partial charge is 0.329 e. The van der Waals surface area contributed by atoms with Gasteiger partial charge in [-0.2, -0.15) is 0 Å². The number of aliphatic carboxylic acids is 1. The van der Waals surface area contributed by atoms with Gasteiger partial charge in [0.05, 0.1) is 5.02 Å². The van der Waals surface area contributed by atoms with Crippen LogP contribution < -0.4 is 10.1 Å². The summed E-state index contributed by atoms with van der Waals surface area (Å²) in [5.41, 5.74) is -1.27. The molecule has 1 amide bonds. The van der Waals surface area contributed by atoms with Gasteiger partial charge in [-0.05, 0) is 31.9 Å². The van der Waals surface area contributed by atoms with Crippen molar-refractivity contribution in [2.45, 2.75) is 45.3 Å². The zero-order valence-electron chi connectivity index (χ0n) is 12.4. The Labute approximate surface area is 129 Å². The van der Waals surface area contributed by atoms with E-state index in [1.807, 2.05) is 0 Å². The molecule has 0 saturated heterocycles. The number of benzene rings is 1. The van der Waals surface area contributed by atoms with E-state index in [1.165, 1.54) is 0 Å². The first-order valence-electron chi connectivity index (χ1n) is 6.83. The summed E-state index contributed by atoms with van der Waals surface area (Å²) >= 11 is 5.96. The van der Waals surface area contributed by atoms with Crippen molar-refractivity contribution in [3.63, 3.8) is 0 Å². The van der Waals surface area contributed by atoms with Crippen molar-refractivity contribution in [3.05, 3.63) is 29.3 Å². The summed E-state index contributed by atoms with van der Waals surface area (Å²) in [4.78, 5) is 23.5. The van der Waals surface area contributed by atoms with E-state index in [9.17, 15) is 14.7 Å². The minimum absolute atomic E-state index is 0.295. The predicted molar refractivity (Wildman–Crippen MR) is 80.6 cm³/mol. The highest BCUT2D eigenvalue weighted by Crippen LogP contribution is 2.24. The quantitative estimate of drug-likeness (QED) is 0.811.